The number of amides is 4. The van der Waals surface area contributed by atoms with Gasteiger partial charge in [-0.05, 0) is 70.5 Å². The molecule has 11 nitrogen and oxygen atoms in total. The van der Waals surface area contributed by atoms with Crippen LogP contribution in [0.25, 0.3) is 11.1 Å². The Morgan fingerprint density at radius 2 is 1.12 bits per heavy atom. The Labute approximate surface area is 329 Å². The molecule has 2 aliphatic rings. The molecule has 57 heavy (non-hydrogen) atoms. The molecular weight excluding hydrogens is 728 g/mol. The number of benzene rings is 5. The van der Waals surface area contributed by atoms with E-state index in [1.807, 2.05) is 84.9 Å². The van der Waals surface area contributed by atoms with Crippen molar-refractivity contribution in [1.29, 1.82) is 0 Å². The number of aryl methyl sites for hydroxylation is 1. The van der Waals surface area contributed by atoms with Gasteiger partial charge >= 0.3 is 5.97 Å². The fourth-order valence-electron chi connectivity index (χ4n) is 6.56. The van der Waals surface area contributed by atoms with Crippen LogP contribution in [0.5, 0.6) is 5.75 Å². The third-order valence-electron chi connectivity index (χ3n) is 9.68. The zero-order chi connectivity index (χ0) is 40.1. The van der Waals surface area contributed by atoms with Crippen LogP contribution in [-0.4, -0.2) is 65.5 Å². The highest BCUT2D eigenvalue weighted by atomic mass is 19.1. The Bertz CT molecular complexity index is 2150. The number of carbonyl (C=O) groups is 5. The first-order valence-corrected chi connectivity index (χ1v) is 18.7. The van der Waals surface area contributed by atoms with Gasteiger partial charge in [0.25, 0.3) is 5.91 Å². The van der Waals surface area contributed by atoms with Crippen molar-refractivity contribution in [2.45, 2.75) is 56.3 Å². The van der Waals surface area contributed by atoms with E-state index in [0.29, 0.717) is 28.9 Å². The normalized spacial score (nSPS) is 19.4. The number of hydrogen-bond acceptors (Lipinski definition) is 6. The van der Waals surface area contributed by atoms with E-state index in [1.165, 1.54) is 24.3 Å². The number of nitrogens with one attached hydrogen (secondary N) is 4. The molecule has 5 aromatic carbocycles. The minimum atomic E-state index is -1.33. The minimum absolute atomic E-state index is 0.00568. The topological polar surface area (TPSA) is 163 Å². The average Bonchev–Trinajstić information content (AvgIpc) is 3.22. The summed E-state index contributed by atoms with van der Waals surface area (Å²) in [6, 6.07) is 33.5. The van der Waals surface area contributed by atoms with Gasteiger partial charge in [0.05, 0.1) is 0 Å². The van der Waals surface area contributed by atoms with Gasteiger partial charge in [0.15, 0.2) is 6.61 Å². The molecule has 7 rings (SSSR count). The number of halogens is 1. The highest BCUT2D eigenvalue weighted by molar-refractivity contribution is 5.95. The molecule has 0 radical (unpaired) electrons. The molecule has 5 aromatic rings. The highest BCUT2D eigenvalue weighted by Crippen LogP contribution is 2.20. The summed E-state index contributed by atoms with van der Waals surface area (Å²) in [4.78, 5) is 68.1. The maximum atomic E-state index is 14.3. The maximum Gasteiger partial charge on any atom is 0.326 e. The van der Waals surface area contributed by atoms with Crippen molar-refractivity contribution in [2.24, 2.45) is 0 Å². The summed E-state index contributed by atoms with van der Waals surface area (Å²) in [5.74, 6) is -4.15. The lowest BCUT2D eigenvalue weighted by atomic mass is 9.98. The highest BCUT2D eigenvalue weighted by Gasteiger charge is 2.32. The van der Waals surface area contributed by atoms with Gasteiger partial charge in [-0.1, -0.05) is 109 Å². The fourth-order valence-corrected chi connectivity index (χ4v) is 6.56. The van der Waals surface area contributed by atoms with Crippen LogP contribution >= 0.6 is 0 Å². The number of fused-ring (bicyclic) bond motifs is 16. The molecule has 2 aliphatic heterocycles. The Hall–Kier alpha value is -6.82. The summed E-state index contributed by atoms with van der Waals surface area (Å²) in [6.45, 7) is -0.457. The maximum absolute atomic E-state index is 14.3. The Morgan fingerprint density at radius 3 is 1.74 bits per heavy atom. The van der Waals surface area contributed by atoms with Crippen LogP contribution < -0.4 is 26.0 Å². The number of rotatable bonds is 9. The second kappa shape index (κ2) is 19.2. The van der Waals surface area contributed by atoms with E-state index in [2.05, 4.69) is 21.3 Å². The predicted molar refractivity (Wildman–Crippen MR) is 211 cm³/mol. The summed E-state index contributed by atoms with van der Waals surface area (Å²) in [6.07, 6.45) is 0.402. The molecule has 5 N–H and O–H groups in total. The standard InChI is InChI=1S/C45H43FN4O7/c46-35-20-13-31(14-21-35)25-38-43(53)49-39(26-30-11-18-34(19-12-30)33-9-5-2-6-10-33)44(54)48-37(24-17-29-7-3-1-4-8-29)42(52)50-40(45(55)56)27-32-15-22-36(23-16-32)57-28-41(51)47-38/h1-16,18-23,37-40H,17,24-28H2,(H,47,51)(H,48,54)(H,49,53)(H,50,52)(H,55,56). The van der Waals surface area contributed by atoms with Crippen LogP contribution in [-0.2, 0) is 49.7 Å². The van der Waals surface area contributed by atoms with Gasteiger partial charge in [0.1, 0.15) is 35.7 Å². The lowest BCUT2D eigenvalue weighted by Gasteiger charge is -2.26. The van der Waals surface area contributed by atoms with Crippen LogP contribution in [0.3, 0.4) is 0 Å². The van der Waals surface area contributed by atoms with Crippen molar-refractivity contribution in [3.05, 3.63) is 162 Å². The summed E-state index contributed by atoms with van der Waals surface area (Å²) in [5, 5.41) is 21.0. The molecule has 2 heterocycles. The number of aliphatic carboxylic acids is 1. The number of ether oxygens (including phenoxy) is 1. The first kappa shape index (κ1) is 39.9. The van der Waals surface area contributed by atoms with Crippen molar-refractivity contribution >= 4 is 29.6 Å². The van der Waals surface area contributed by atoms with Crippen LogP contribution in [0.1, 0.15) is 28.7 Å². The molecule has 0 aromatic heterocycles. The van der Waals surface area contributed by atoms with E-state index in [1.54, 1.807) is 24.3 Å². The molecule has 4 unspecified atom stereocenters. The van der Waals surface area contributed by atoms with Crippen molar-refractivity contribution < 1.29 is 38.2 Å². The molecule has 0 spiro atoms. The smallest absolute Gasteiger partial charge is 0.326 e. The Morgan fingerprint density at radius 1 is 0.596 bits per heavy atom. The second-order valence-corrected chi connectivity index (χ2v) is 13.9. The SMILES string of the molecule is O=C1COc2ccc(cc2)CC(C(=O)O)NC(=O)C(CCc2ccccc2)NC(=O)C(Cc2ccc(-c3ccccc3)cc2)NC(=O)C(Cc2ccc(F)cc2)N1. The molecule has 4 amide bonds. The second-order valence-electron chi connectivity index (χ2n) is 13.9. The third-order valence-corrected chi connectivity index (χ3v) is 9.68. The molecule has 0 fully saturated rings. The quantitative estimate of drug-likeness (QED) is 0.137. The van der Waals surface area contributed by atoms with Gasteiger partial charge < -0.3 is 31.1 Å². The summed E-state index contributed by atoms with van der Waals surface area (Å²) >= 11 is 0. The largest absolute Gasteiger partial charge is 0.484 e. The monoisotopic (exact) mass is 770 g/mol. The molecule has 2 bridgehead atoms. The first-order valence-electron chi connectivity index (χ1n) is 18.7. The lowest BCUT2D eigenvalue weighted by Crippen LogP contribution is -2.59. The summed E-state index contributed by atoms with van der Waals surface area (Å²) in [5.41, 5.74) is 4.66. The lowest BCUT2D eigenvalue weighted by molar-refractivity contribution is -0.142. The van der Waals surface area contributed by atoms with Gasteiger partial charge in [-0.3, -0.25) is 19.2 Å². The zero-order valence-electron chi connectivity index (χ0n) is 31.0. The number of carboxylic acids is 1. The average molecular weight is 771 g/mol. The van der Waals surface area contributed by atoms with Gasteiger partial charge in [-0.15, -0.1) is 0 Å². The first-order chi connectivity index (χ1) is 27.6. The van der Waals surface area contributed by atoms with E-state index in [9.17, 15) is 33.5 Å². The summed E-state index contributed by atoms with van der Waals surface area (Å²) < 4.78 is 19.5. The zero-order valence-corrected chi connectivity index (χ0v) is 31.0. The van der Waals surface area contributed by atoms with Gasteiger partial charge in [-0.25, -0.2) is 9.18 Å². The molecular formula is C45H43FN4O7. The molecule has 292 valence electrons. The van der Waals surface area contributed by atoms with Crippen molar-refractivity contribution in [3.63, 3.8) is 0 Å². The fraction of sp³-hybridized carbons (Fsp3) is 0.222. The van der Waals surface area contributed by atoms with Crippen LogP contribution in [0.4, 0.5) is 4.39 Å². The molecule has 4 atom stereocenters. The van der Waals surface area contributed by atoms with Crippen LogP contribution in [0, 0.1) is 5.82 Å². The molecule has 0 saturated heterocycles. The van der Waals surface area contributed by atoms with E-state index < -0.39 is 66.2 Å². The van der Waals surface area contributed by atoms with Gasteiger partial charge in [-0.2, -0.15) is 0 Å². The van der Waals surface area contributed by atoms with Crippen molar-refractivity contribution in [3.8, 4) is 16.9 Å². The molecule has 0 saturated carbocycles. The van der Waals surface area contributed by atoms with Crippen molar-refractivity contribution in [1.82, 2.24) is 21.3 Å². The minimum Gasteiger partial charge on any atom is -0.484 e. The number of carboxylic acid groups (broad SMARTS) is 1. The summed E-state index contributed by atoms with van der Waals surface area (Å²) in [7, 11) is 0. The van der Waals surface area contributed by atoms with Crippen LogP contribution in [0.15, 0.2) is 133 Å². The van der Waals surface area contributed by atoms with Gasteiger partial charge in [0.2, 0.25) is 17.7 Å². The predicted octanol–water partition coefficient (Wildman–Crippen LogP) is 4.57. The van der Waals surface area contributed by atoms with E-state index in [0.717, 1.165) is 16.7 Å². The Kier molecular flexibility index (Phi) is 13.4. The van der Waals surface area contributed by atoms with Crippen molar-refractivity contribution in [2.75, 3.05) is 6.61 Å². The van der Waals surface area contributed by atoms with E-state index >= 15 is 0 Å². The van der Waals surface area contributed by atoms with Crippen LogP contribution in [0.2, 0.25) is 0 Å². The Balaban J connectivity index is 1.34. The van der Waals surface area contributed by atoms with Gasteiger partial charge in [0, 0.05) is 19.3 Å². The number of hydrogen-bond donors (Lipinski definition) is 5. The van der Waals surface area contributed by atoms with E-state index in [-0.39, 0.29) is 25.7 Å². The third kappa shape index (κ3) is 11.6. The van der Waals surface area contributed by atoms with E-state index in [4.69, 9.17) is 4.74 Å². The number of carbonyl (C=O) groups excluding carboxylic acids is 4. The molecule has 12 heteroatoms. The molecule has 0 aliphatic carbocycles.